The van der Waals surface area contributed by atoms with E-state index < -0.39 is 0 Å². The van der Waals surface area contributed by atoms with Gasteiger partial charge in [-0.15, -0.1) is 0 Å². The summed E-state index contributed by atoms with van der Waals surface area (Å²) < 4.78 is 5.36. The zero-order valence-electron chi connectivity index (χ0n) is 7.03. The number of esters is 1. The SMILES string of the molecule is COC(=O)/C=C/c1cc(Br)ccn1. The summed E-state index contributed by atoms with van der Waals surface area (Å²) in [5.41, 5.74) is 0.708. The third-order valence-corrected chi connectivity index (χ3v) is 1.83. The van der Waals surface area contributed by atoms with E-state index in [0.29, 0.717) is 5.69 Å². The molecule has 0 atom stereocenters. The predicted octanol–water partition coefficient (Wildman–Crippen LogP) is 2.03. The fraction of sp³-hybridized carbons (Fsp3) is 0.111. The van der Waals surface area contributed by atoms with E-state index in [1.807, 2.05) is 6.07 Å². The van der Waals surface area contributed by atoms with Crippen LogP contribution in [-0.4, -0.2) is 18.1 Å². The van der Waals surface area contributed by atoms with E-state index in [4.69, 9.17) is 0 Å². The highest BCUT2D eigenvalue weighted by Crippen LogP contribution is 2.09. The van der Waals surface area contributed by atoms with Crippen LogP contribution in [0, 0.1) is 0 Å². The first-order chi connectivity index (χ1) is 6.22. The topological polar surface area (TPSA) is 39.2 Å². The molecule has 13 heavy (non-hydrogen) atoms. The minimum atomic E-state index is -0.387. The molecule has 0 radical (unpaired) electrons. The zero-order valence-corrected chi connectivity index (χ0v) is 8.61. The van der Waals surface area contributed by atoms with Gasteiger partial charge in [0.2, 0.25) is 0 Å². The predicted molar refractivity (Wildman–Crippen MR) is 53.0 cm³/mol. The van der Waals surface area contributed by atoms with Crippen LogP contribution in [0.25, 0.3) is 6.08 Å². The van der Waals surface area contributed by atoms with Gasteiger partial charge >= 0.3 is 5.97 Å². The number of aromatic nitrogens is 1. The molecule has 0 unspecified atom stereocenters. The minimum Gasteiger partial charge on any atom is -0.466 e. The molecule has 68 valence electrons. The summed E-state index contributed by atoms with van der Waals surface area (Å²) in [6.07, 6.45) is 4.58. The number of methoxy groups -OCH3 is 1. The van der Waals surface area contributed by atoms with Gasteiger partial charge in [-0.05, 0) is 18.2 Å². The lowest BCUT2D eigenvalue weighted by Gasteiger charge is -1.93. The number of carbonyl (C=O) groups is 1. The highest BCUT2D eigenvalue weighted by Gasteiger charge is 1.93. The molecule has 1 heterocycles. The smallest absolute Gasteiger partial charge is 0.330 e. The molecule has 0 saturated carbocycles. The fourth-order valence-corrected chi connectivity index (χ4v) is 1.09. The Morgan fingerprint density at radius 1 is 1.69 bits per heavy atom. The molecule has 1 aromatic heterocycles. The Labute approximate surface area is 84.6 Å². The summed E-state index contributed by atoms with van der Waals surface area (Å²) in [6, 6.07) is 3.62. The molecule has 0 fully saturated rings. The second kappa shape index (κ2) is 4.77. The van der Waals surface area contributed by atoms with Gasteiger partial charge in [-0.2, -0.15) is 0 Å². The first-order valence-electron chi connectivity index (χ1n) is 3.60. The number of halogens is 1. The standard InChI is InChI=1S/C9H8BrNO2/c1-13-9(12)3-2-8-6-7(10)4-5-11-8/h2-6H,1H3/b3-2+. The molecule has 4 heteroatoms. The van der Waals surface area contributed by atoms with Crippen molar-refractivity contribution in [3.63, 3.8) is 0 Å². The molecule has 0 aliphatic carbocycles. The number of ether oxygens (including phenoxy) is 1. The van der Waals surface area contributed by atoms with Gasteiger partial charge in [0.05, 0.1) is 12.8 Å². The van der Waals surface area contributed by atoms with Gasteiger partial charge < -0.3 is 4.74 Å². The molecule has 0 spiro atoms. The summed E-state index contributed by atoms with van der Waals surface area (Å²) >= 11 is 3.30. The van der Waals surface area contributed by atoms with Crippen LogP contribution in [-0.2, 0) is 9.53 Å². The quantitative estimate of drug-likeness (QED) is 0.588. The van der Waals surface area contributed by atoms with Crippen molar-refractivity contribution in [2.45, 2.75) is 0 Å². The van der Waals surface area contributed by atoms with Gasteiger partial charge in [0, 0.05) is 16.7 Å². The van der Waals surface area contributed by atoms with Crippen molar-refractivity contribution in [3.8, 4) is 0 Å². The summed E-state index contributed by atoms with van der Waals surface area (Å²) in [4.78, 5) is 14.7. The van der Waals surface area contributed by atoms with Crippen LogP contribution in [0.4, 0.5) is 0 Å². The molecule has 0 aliphatic rings. The van der Waals surface area contributed by atoms with Gasteiger partial charge in [0.1, 0.15) is 0 Å². The van der Waals surface area contributed by atoms with Crippen LogP contribution in [0.2, 0.25) is 0 Å². The first-order valence-corrected chi connectivity index (χ1v) is 4.39. The van der Waals surface area contributed by atoms with Crippen LogP contribution < -0.4 is 0 Å². The summed E-state index contributed by atoms with van der Waals surface area (Å²) in [5.74, 6) is -0.387. The maximum Gasteiger partial charge on any atom is 0.330 e. The second-order valence-corrected chi connectivity index (χ2v) is 3.17. The summed E-state index contributed by atoms with van der Waals surface area (Å²) in [5, 5.41) is 0. The Kier molecular flexibility index (Phi) is 3.64. The number of rotatable bonds is 2. The number of hydrogen-bond donors (Lipinski definition) is 0. The Morgan fingerprint density at radius 2 is 2.46 bits per heavy atom. The molecule has 0 saturated heterocycles. The van der Waals surface area contributed by atoms with Crippen LogP contribution in [0.5, 0.6) is 0 Å². The lowest BCUT2D eigenvalue weighted by molar-refractivity contribution is -0.134. The molecule has 1 aromatic rings. The first kappa shape index (κ1) is 9.92. The number of carbonyl (C=O) groups excluding carboxylic acids is 1. The molecular weight excluding hydrogens is 234 g/mol. The zero-order chi connectivity index (χ0) is 9.68. The van der Waals surface area contributed by atoms with Crippen molar-refractivity contribution in [2.24, 2.45) is 0 Å². The van der Waals surface area contributed by atoms with Crippen LogP contribution >= 0.6 is 15.9 Å². The highest BCUT2D eigenvalue weighted by atomic mass is 79.9. The average molecular weight is 242 g/mol. The maximum atomic E-state index is 10.7. The van der Waals surface area contributed by atoms with E-state index in [0.717, 1.165) is 4.47 Å². The fourth-order valence-electron chi connectivity index (χ4n) is 0.734. The van der Waals surface area contributed by atoms with Gasteiger partial charge in [0.25, 0.3) is 0 Å². The molecule has 0 N–H and O–H groups in total. The van der Waals surface area contributed by atoms with Gasteiger partial charge in [0.15, 0.2) is 0 Å². The van der Waals surface area contributed by atoms with E-state index >= 15 is 0 Å². The second-order valence-electron chi connectivity index (χ2n) is 2.26. The largest absolute Gasteiger partial charge is 0.466 e. The molecule has 0 bridgehead atoms. The molecule has 0 amide bonds. The van der Waals surface area contributed by atoms with Crippen molar-refractivity contribution in [1.82, 2.24) is 4.98 Å². The van der Waals surface area contributed by atoms with Gasteiger partial charge in [-0.1, -0.05) is 15.9 Å². The van der Waals surface area contributed by atoms with Crippen molar-refractivity contribution in [2.75, 3.05) is 7.11 Å². The Bertz CT molecular complexity index is 336. The van der Waals surface area contributed by atoms with Crippen molar-refractivity contribution in [1.29, 1.82) is 0 Å². The van der Waals surface area contributed by atoms with Gasteiger partial charge in [-0.3, -0.25) is 4.98 Å². The average Bonchev–Trinajstić information content (AvgIpc) is 2.14. The van der Waals surface area contributed by atoms with E-state index in [1.54, 1.807) is 18.3 Å². The molecule has 1 rings (SSSR count). The van der Waals surface area contributed by atoms with Crippen molar-refractivity contribution < 1.29 is 9.53 Å². The van der Waals surface area contributed by atoms with Crippen molar-refractivity contribution in [3.05, 3.63) is 34.6 Å². The molecule has 0 aliphatic heterocycles. The Hall–Kier alpha value is -1.16. The third kappa shape index (κ3) is 3.38. The Morgan fingerprint density at radius 3 is 3.08 bits per heavy atom. The lowest BCUT2D eigenvalue weighted by atomic mass is 10.3. The number of hydrogen-bond acceptors (Lipinski definition) is 3. The number of nitrogens with zero attached hydrogens (tertiary/aromatic N) is 1. The summed E-state index contributed by atoms with van der Waals surface area (Å²) in [7, 11) is 1.33. The molecular formula is C9H8BrNO2. The van der Waals surface area contributed by atoms with Crippen LogP contribution in [0.3, 0.4) is 0 Å². The number of pyridine rings is 1. The molecule has 0 aromatic carbocycles. The Balaban J connectivity index is 2.74. The van der Waals surface area contributed by atoms with Gasteiger partial charge in [-0.25, -0.2) is 4.79 Å². The van der Waals surface area contributed by atoms with E-state index in [-0.39, 0.29) is 5.97 Å². The normalized spacial score (nSPS) is 10.3. The van der Waals surface area contributed by atoms with E-state index in [9.17, 15) is 4.79 Å². The highest BCUT2D eigenvalue weighted by molar-refractivity contribution is 9.10. The lowest BCUT2D eigenvalue weighted by Crippen LogP contribution is -1.93. The van der Waals surface area contributed by atoms with Crippen molar-refractivity contribution >= 4 is 28.0 Å². The van der Waals surface area contributed by atoms with E-state index in [1.165, 1.54) is 13.2 Å². The third-order valence-electron chi connectivity index (χ3n) is 1.33. The van der Waals surface area contributed by atoms with Crippen LogP contribution in [0.15, 0.2) is 28.9 Å². The summed E-state index contributed by atoms with van der Waals surface area (Å²) in [6.45, 7) is 0. The monoisotopic (exact) mass is 241 g/mol. The maximum absolute atomic E-state index is 10.7. The molecule has 3 nitrogen and oxygen atoms in total. The minimum absolute atomic E-state index is 0.387. The van der Waals surface area contributed by atoms with Crippen LogP contribution in [0.1, 0.15) is 5.69 Å². The van der Waals surface area contributed by atoms with E-state index in [2.05, 4.69) is 25.7 Å².